The van der Waals surface area contributed by atoms with Crippen molar-refractivity contribution in [1.29, 1.82) is 0 Å². The minimum Gasteiger partial charge on any atom is -0.450 e. The SMILES string of the molecule is CNCCc1cc2cccc([B]O)c2s1. The summed E-state index contributed by atoms with van der Waals surface area (Å²) in [4.78, 5) is 1.36. The molecule has 0 aliphatic rings. The van der Waals surface area contributed by atoms with Crippen LogP contribution in [0.25, 0.3) is 10.1 Å². The molecule has 1 aromatic heterocycles. The summed E-state index contributed by atoms with van der Waals surface area (Å²) in [5, 5.41) is 13.4. The van der Waals surface area contributed by atoms with Crippen LogP contribution in [0.4, 0.5) is 0 Å². The summed E-state index contributed by atoms with van der Waals surface area (Å²) in [5.74, 6) is 0. The third-order valence-corrected chi connectivity index (χ3v) is 3.65. The molecule has 1 radical (unpaired) electrons. The topological polar surface area (TPSA) is 32.3 Å². The highest BCUT2D eigenvalue weighted by atomic mass is 32.1. The third-order valence-electron chi connectivity index (χ3n) is 2.39. The molecule has 15 heavy (non-hydrogen) atoms. The van der Waals surface area contributed by atoms with Crippen molar-refractivity contribution in [3.63, 3.8) is 0 Å². The number of nitrogens with one attached hydrogen (secondary N) is 1. The Hall–Kier alpha value is -0.835. The molecule has 0 saturated heterocycles. The maximum Gasteiger partial charge on any atom is 0.328 e. The summed E-state index contributed by atoms with van der Waals surface area (Å²) in [6.07, 6.45) is 1.04. The Labute approximate surface area is 94.2 Å². The van der Waals surface area contributed by atoms with Crippen LogP contribution < -0.4 is 10.8 Å². The van der Waals surface area contributed by atoms with E-state index >= 15 is 0 Å². The molecule has 0 bridgehead atoms. The van der Waals surface area contributed by atoms with Crippen LogP contribution in [0.15, 0.2) is 24.3 Å². The summed E-state index contributed by atoms with van der Waals surface area (Å²) in [6, 6.07) is 8.19. The number of hydrogen-bond donors (Lipinski definition) is 2. The van der Waals surface area contributed by atoms with Gasteiger partial charge in [0, 0.05) is 9.58 Å². The van der Waals surface area contributed by atoms with Gasteiger partial charge in [0.1, 0.15) is 0 Å². The smallest absolute Gasteiger partial charge is 0.328 e. The Kier molecular flexibility index (Phi) is 3.41. The van der Waals surface area contributed by atoms with Crippen LogP contribution in [0.5, 0.6) is 0 Å². The lowest BCUT2D eigenvalue weighted by Gasteiger charge is -1.95. The average Bonchev–Trinajstić information content (AvgIpc) is 2.68. The number of rotatable bonds is 4. The number of hydrogen-bond acceptors (Lipinski definition) is 3. The van der Waals surface area contributed by atoms with Gasteiger partial charge in [0.15, 0.2) is 0 Å². The van der Waals surface area contributed by atoms with E-state index in [0.717, 1.165) is 18.4 Å². The Morgan fingerprint density at radius 3 is 3.07 bits per heavy atom. The van der Waals surface area contributed by atoms with Crippen LogP contribution in [-0.4, -0.2) is 26.1 Å². The van der Waals surface area contributed by atoms with Gasteiger partial charge in [0.2, 0.25) is 0 Å². The fraction of sp³-hybridized carbons (Fsp3) is 0.273. The van der Waals surface area contributed by atoms with Crippen molar-refractivity contribution >= 4 is 34.4 Å². The second-order valence-corrected chi connectivity index (χ2v) is 4.60. The Morgan fingerprint density at radius 2 is 2.33 bits per heavy atom. The first-order valence-electron chi connectivity index (χ1n) is 4.98. The molecule has 4 heteroatoms. The van der Waals surface area contributed by atoms with Crippen molar-refractivity contribution in [2.24, 2.45) is 0 Å². The van der Waals surface area contributed by atoms with Gasteiger partial charge < -0.3 is 10.3 Å². The Morgan fingerprint density at radius 1 is 1.47 bits per heavy atom. The molecule has 0 amide bonds. The van der Waals surface area contributed by atoms with Crippen LogP contribution in [0.3, 0.4) is 0 Å². The first-order valence-corrected chi connectivity index (χ1v) is 5.80. The first kappa shape index (κ1) is 10.7. The van der Waals surface area contributed by atoms with Gasteiger partial charge in [0.25, 0.3) is 0 Å². The number of benzene rings is 1. The van der Waals surface area contributed by atoms with Crippen LogP contribution in [-0.2, 0) is 6.42 Å². The Bertz CT molecular complexity index is 455. The van der Waals surface area contributed by atoms with Crippen molar-refractivity contribution in [2.45, 2.75) is 6.42 Å². The molecule has 1 aromatic carbocycles. The standard InChI is InChI=1S/C11H13BNOS/c1-13-6-5-9-7-8-3-2-4-10(12-14)11(8)15-9/h2-4,7,13-14H,5-6H2,1H3. The number of likely N-dealkylation sites (N-methyl/N-ethyl adjacent to an activating group) is 1. The Balaban J connectivity index is 2.37. The summed E-state index contributed by atoms with van der Waals surface area (Å²) < 4.78 is 1.17. The van der Waals surface area contributed by atoms with Crippen molar-refractivity contribution in [2.75, 3.05) is 13.6 Å². The van der Waals surface area contributed by atoms with Gasteiger partial charge in [-0.2, -0.15) is 0 Å². The van der Waals surface area contributed by atoms with Crippen LogP contribution in [0.1, 0.15) is 4.88 Å². The molecule has 1 heterocycles. The van der Waals surface area contributed by atoms with Crippen molar-refractivity contribution in [3.8, 4) is 0 Å². The van der Waals surface area contributed by atoms with Crippen molar-refractivity contribution in [1.82, 2.24) is 5.32 Å². The van der Waals surface area contributed by atoms with Gasteiger partial charge in [-0.3, -0.25) is 0 Å². The molecule has 0 unspecified atom stereocenters. The maximum atomic E-state index is 9.09. The fourth-order valence-corrected chi connectivity index (χ4v) is 2.75. The van der Waals surface area contributed by atoms with E-state index in [0.29, 0.717) is 0 Å². The molecule has 0 aliphatic heterocycles. The van der Waals surface area contributed by atoms with E-state index in [4.69, 9.17) is 5.02 Å². The lowest BCUT2D eigenvalue weighted by Crippen LogP contribution is -2.12. The largest absolute Gasteiger partial charge is 0.450 e. The predicted molar refractivity (Wildman–Crippen MR) is 67.1 cm³/mol. The number of fused-ring (bicyclic) bond motifs is 1. The molecule has 2 rings (SSSR count). The zero-order valence-corrected chi connectivity index (χ0v) is 9.47. The van der Waals surface area contributed by atoms with Crippen molar-refractivity contribution in [3.05, 3.63) is 29.1 Å². The van der Waals surface area contributed by atoms with Crippen LogP contribution >= 0.6 is 11.3 Å². The van der Waals surface area contributed by atoms with E-state index in [9.17, 15) is 0 Å². The minimum atomic E-state index is 0.910. The molecule has 0 spiro atoms. The van der Waals surface area contributed by atoms with Crippen LogP contribution in [0, 0.1) is 0 Å². The van der Waals surface area contributed by atoms with E-state index in [2.05, 4.69) is 17.4 Å². The zero-order valence-electron chi connectivity index (χ0n) is 8.66. The highest BCUT2D eigenvalue weighted by Gasteiger charge is 2.05. The highest BCUT2D eigenvalue weighted by molar-refractivity contribution is 7.20. The molecular weight excluding hydrogens is 205 g/mol. The van der Waals surface area contributed by atoms with Gasteiger partial charge in [-0.05, 0) is 36.9 Å². The molecule has 2 nitrogen and oxygen atoms in total. The second-order valence-electron chi connectivity index (χ2n) is 3.46. The lowest BCUT2D eigenvalue weighted by molar-refractivity contribution is 0.616. The quantitative estimate of drug-likeness (QED) is 0.747. The van der Waals surface area contributed by atoms with Gasteiger partial charge >= 0.3 is 7.48 Å². The van der Waals surface area contributed by atoms with Gasteiger partial charge in [-0.1, -0.05) is 18.2 Å². The minimum absolute atomic E-state index is 0.910. The van der Waals surface area contributed by atoms with Gasteiger partial charge in [-0.15, -0.1) is 11.3 Å². The molecule has 0 atom stereocenters. The zero-order chi connectivity index (χ0) is 10.7. The van der Waals surface area contributed by atoms with Crippen molar-refractivity contribution < 1.29 is 5.02 Å². The number of thiophene rings is 1. The lowest BCUT2D eigenvalue weighted by atomic mass is 9.88. The first-order chi connectivity index (χ1) is 7.35. The molecule has 0 aliphatic carbocycles. The predicted octanol–water partition coefficient (Wildman–Crippen LogP) is 0.900. The molecule has 2 aromatic rings. The normalized spacial score (nSPS) is 10.8. The third kappa shape index (κ3) is 2.22. The summed E-state index contributed by atoms with van der Waals surface area (Å²) >= 11 is 1.76. The van der Waals surface area contributed by atoms with Gasteiger partial charge in [0.05, 0.1) is 0 Å². The van der Waals surface area contributed by atoms with E-state index in [1.807, 2.05) is 19.2 Å². The maximum absolute atomic E-state index is 9.09. The van der Waals surface area contributed by atoms with E-state index in [1.165, 1.54) is 22.4 Å². The summed E-state index contributed by atoms with van der Waals surface area (Å²) in [5.41, 5.74) is 0.910. The molecule has 0 fully saturated rings. The summed E-state index contributed by atoms with van der Waals surface area (Å²) in [6.45, 7) is 0.991. The second kappa shape index (κ2) is 4.79. The molecule has 77 valence electrons. The van der Waals surface area contributed by atoms with Crippen LogP contribution in [0.2, 0.25) is 0 Å². The monoisotopic (exact) mass is 218 g/mol. The fourth-order valence-electron chi connectivity index (χ4n) is 1.61. The van der Waals surface area contributed by atoms with E-state index in [-0.39, 0.29) is 0 Å². The van der Waals surface area contributed by atoms with E-state index in [1.54, 1.807) is 11.3 Å². The molecule has 0 saturated carbocycles. The average molecular weight is 218 g/mol. The summed E-state index contributed by atoms with van der Waals surface area (Å²) in [7, 11) is 3.14. The highest BCUT2D eigenvalue weighted by Crippen LogP contribution is 2.23. The van der Waals surface area contributed by atoms with E-state index < -0.39 is 0 Å². The molecule has 2 N–H and O–H groups in total. The van der Waals surface area contributed by atoms with Gasteiger partial charge in [-0.25, -0.2) is 0 Å². The molecular formula is C11H13BNOS.